The van der Waals surface area contributed by atoms with Gasteiger partial charge in [-0.05, 0) is 25.4 Å². The molecule has 0 aliphatic carbocycles. The molecule has 0 aromatic heterocycles. The highest BCUT2D eigenvalue weighted by Gasteiger charge is 2.25. The molecule has 2 saturated heterocycles. The van der Waals surface area contributed by atoms with Crippen LogP contribution in [0.15, 0.2) is 0 Å². The van der Waals surface area contributed by atoms with Crippen molar-refractivity contribution in [3.05, 3.63) is 0 Å². The van der Waals surface area contributed by atoms with E-state index in [1.54, 1.807) is 4.90 Å². The van der Waals surface area contributed by atoms with E-state index < -0.39 is 0 Å². The number of carbonyl (C=O) groups excluding carboxylic acids is 2. The first kappa shape index (κ1) is 10.4. The maximum absolute atomic E-state index is 11.8. The Morgan fingerprint density at radius 2 is 2.27 bits per heavy atom. The molecule has 2 aliphatic rings. The van der Waals surface area contributed by atoms with Crippen LogP contribution in [-0.2, 0) is 9.59 Å². The molecule has 0 unspecified atom stereocenters. The van der Waals surface area contributed by atoms with Gasteiger partial charge in [-0.15, -0.1) is 0 Å². The van der Waals surface area contributed by atoms with Crippen molar-refractivity contribution in [2.45, 2.75) is 12.8 Å². The van der Waals surface area contributed by atoms with Crippen LogP contribution in [-0.4, -0.2) is 49.4 Å². The van der Waals surface area contributed by atoms with Crippen LogP contribution in [0.4, 0.5) is 0 Å². The molecular formula is C10H17N3O2. The molecule has 2 aliphatic heterocycles. The summed E-state index contributed by atoms with van der Waals surface area (Å²) in [5.74, 6) is 0.565. The fourth-order valence-electron chi connectivity index (χ4n) is 1.89. The number of carbonyl (C=O) groups is 2. The van der Waals surface area contributed by atoms with Crippen molar-refractivity contribution in [3.8, 4) is 0 Å². The Hall–Kier alpha value is -1.10. The van der Waals surface area contributed by atoms with Gasteiger partial charge in [0.15, 0.2) is 0 Å². The monoisotopic (exact) mass is 211 g/mol. The van der Waals surface area contributed by atoms with E-state index in [4.69, 9.17) is 0 Å². The molecule has 0 aromatic rings. The molecule has 2 rings (SSSR count). The van der Waals surface area contributed by atoms with E-state index in [2.05, 4.69) is 10.6 Å². The van der Waals surface area contributed by atoms with E-state index in [-0.39, 0.29) is 18.4 Å². The van der Waals surface area contributed by atoms with Crippen LogP contribution in [0.3, 0.4) is 0 Å². The zero-order valence-corrected chi connectivity index (χ0v) is 8.79. The molecule has 84 valence electrons. The highest BCUT2D eigenvalue weighted by atomic mass is 16.2. The Morgan fingerprint density at radius 1 is 1.47 bits per heavy atom. The van der Waals surface area contributed by atoms with E-state index in [1.807, 2.05) is 0 Å². The van der Waals surface area contributed by atoms with Crippen LogP contribution >= 0.6 is 0 Å². The van der Waals surface area contributed by atoms with Crippen molar-refractivity contribution in [3.63, 3.8) is 0 Å². The summed E-state index contributed by atoms with van der Waals surface area (Å²) in [6.45, 7) is 3.50. The molecule has 2 heterocycles. The minimum Gasteiger partial charge on any atom is -0.354 e. The minimum atomic E-state index is -0.0346. The zero-order chi connectivity index (χ0) is 10.7. The van der Waals surface area contributed by atoms with Crippen LogP contribution in [0, 0.1) is 5.92 Å². The van der Waals surface area contributed by atoms with E-state index >= 15 is 0 Å². The average molecular weight is 211 g/mol. The smallest absolute Gasteiger partial charge is 0.239 e. The van der Waals surface area contributed by atoms with Crippen molar-refractivity contribution in [2.75, 3.05) is 32.7 Å². The molecule has 2 fully saturated rings. The van der Waals surface area contributed by atoms with Gasteiger partial charge in [-0.25, -0.2) is 0 Å². The van der Waals surface area contributed by atoms with Crippen LogP contribution in [0.25, 0.3) is 0 Å². The molecule has 2 N–H and O–H groups in total. The molecule has 2 amide bonds. The van der Waals surface area contributed by atoms with Crippen LogP contribution < -0.4 is 10.6 Å². The second kappa shape index (κ2) is 4.61. The van der Waals surface area contributed by atoms with Gasteiger partial charge >= 0.3 is 0 Å². The van der Waals surface area contributed by atoms with Gasteiger partial charge in [0.2, 0.25) is 11.8 Å². The number of hydrogen-bond acceptors (Lipinski definition) is 3. The van der Waals surface area contributed by atoms with Crippen molar-refractivity contribution >= 4 is 11.8 Å². The Labute approximate surface area is 89.2 Å². The van der Waals surface area contributed by atoms with Gasteiger partial charge in [-0.3, -0.25) is 9.59 Å². The van der Waals surface area contributed by atoms with Gasteiger partial charge in [0.05, 0.1) is 6.54 Å². The SMILES string of the molecule is O=C1CN(C(=O)CC2CNC2)CCCN1. The van der Waals surface area contributed by atoms with E-state index in [0.29, 0.717) is 25.4 Å². The van der Waals surface area contributed by atoms with Crippen LogP contribution in [0.5, 0.6) is 0 Å². The number of rotatable bonds is 2. The highest BCUT2D eigenvalue weighted by molar-refractivity contribution is 5.85. The van der Waals surface area contributed by atoms with Gasteiger partial charge in [-0.1, -0.05) is 0 Å². The largest absolute Gasteiger partial charge is 0.354 e. The van der Waals surface area contributed by atoms with Crippen LogP contribution in [0.1, 0.15) is 12.8 Å². The average Bonchev–Trinajstić information content (AvgIpc) is 2.36. The molecule has 15 heavy (non-hydrogen) atoms. The Morgan fingerprint density at radius 3 is 2.93 bits per heavy atom. The second-order valence-electron chi connectivity index (χ2n) is 4.25. The standard InChI is InChI=1S/C10H17N3O2/c14-9-7-13(3-1-2-12-9)10(15)4-8-5-11-6-8/h8,11H,1-7H2,(H,12,14). The third-order valence-corrected chi connectivity index (χ3v) is 2.94. The molecule has 0 spiro atoms. The summed E-state index contributed by atoms with van der Waals surface area (Å²) < 4.78 is 0. The lowest BCUT2D eigenvalue weighted by molar-refractivity contribution is -0.136. The van der Waals surface area contributed by atoms with Gasteiger partial charge in [0.25, 0.3) is 0 Å². The molecule has 0 atom stereocenters. The molecular weight excluding hydrogens is 194 g/mol. The molecule has 5 nitrogen and oxygen atoms in total. The first-order valence-electron chi connectivity index (χ1n) is 5.51. The lowest BCUT2D eigenvalue weighted by Gasteiger charge is -2.29. The maximum Gasteiger partial charge on any atom is 0.239 e. The predicted molar refractivity (Wildman–Crippen MR) is 55.2 cm³/mol. The summed E-state index contributed by atoms with van der Waals surface area (Å²) in [6, 6.07) is 0. The van der Waals surface area contributed by atoms with Gasteiger partial charge in [0, 0.05) is 19.5 Å². The molecule has 0 bridgehead atoms. The lowest BCUT2D eigenvalue weighted by Crippen LogP contribution is -2.46. The highest BCUT2D eigenvalue weighted by Crippen LogP contribution is 2.11. The van der Waals surface area contributed by atoms with Crippen molar-refractivity contribution in [2.24, 2.45) is 5.92 Å². The normalized spacial score (nSPS) is 22.9. The van der Waals surface area contributed by atoms with Gasteiger partial charge in [-0.2, -0.15) is 0 Å². The molecule has 5 heteroatoms. The van der Waals surface area contributed by atoms with E-state index in [9.17, 15) is 9.59 Å². The summed E-state index contributed by atoms with van der Waals surface area (Å²) in [6.07, 6.45) is 1.45. The Bertz CT molecular complexity index is 263. The second-order valence-corrected chi connectivity index (χ2v) is 4.25. The summed E-state index contributed by atoms with van der Waals surface area (Å²) in [5, 5.41) is 5.91. The van der Waals surface area contributed by atoms with E-state index in [0.717, 1.165) is 19.5 Å². The zero-order valence-electron chi connectivity index (χ0n) is 8.79. The number of nitrogens with one attached hydrogen (secondary N) is 2. The summed E-state index contributed by atoms with van der Waals surface area (Å²) in [4.78, 5) is 24.7. The topological polar surface area (TPSA) is 61.4 Å². The van der Waals surface area contributed by atoms with Crippen molar-refractivity contribution in [1.29, 1.82) is 0 Å². The third kappa shape index (κ3) is 2.68. The first-order chi connectivity index (χ1) is 7.25. The molecule has 0 aromatic carbocycles. The van der Waals surface area contributed by atoms with Gasteiger partial charge < -0.3 is 15.5 Å². The van der Waals surface area contributed by atoms with Crippen molar-refractivity contribution in [1.82, 2.24) is 15.5 Å². The predicted octanol–water partition coefficient (Wildman–Crippen LogP) is -1.06. The molecule has 0 radical (unpaired) electrons. The number of hydrogen-bond donors (Lipinski definition) is 2. The minimum absolute atomic E-state index is 0.0346. The summed E-state index contributed by atoms with van der Waals surface area (Å²) in [7, 11) is 0. The lowest BCUT2D eigenvalue weighted by atomic mass is 9.98. The van der Waals surface area contributed by atoms with Crippen molar-refractivity contribution < 1.29 is 9.59 Å². The first-order valence-corrected chi connectivity index (χ1v) is 5.51. The summed E-state index contributed by atoms with van der Waals surface area (Å²) in [5.41, 5.74) is 0. The third-order valence-electron chi connectivity index (χ3n) is 2.94. The maximum atomic E-state index is 11.8. The van der Waals surface area contributed by atoms with E-state index in [1.165, 1.54) is 0 Å². The molecule has 0 saturated carbocycles. The fourth-order valence-corrected chi connectivity index (χ4v) is 1.89. The summed E-state index contributed by atoms with van der Waals surface area (Å²) >= 11 is 0. The number of amides is 2. The Balaban J connectivity index is 1.83. The van der Waals surface area contributed by atoms with Crippen LogP contribution in [0.2, 0.25) is 0 Å². The quantitative estimate of drug-likeness (QED) is 0.612. The van der Waals surface area contributed by atoms with Gasteiger partial charge in [0.1, 0.15) is 0 Å². The Kier molecular flexibility index (Phi) is 3.20. The number of nitrogens with zero attached hydrogens (tertiary/aromatic N) is 1. The fraction of sp³-hybridized carbons (Fsp3) is 0.800.